The van der Waals surface area contributed by atoms with Crippen molar-refractivity contribution in [3.05, 3.63) is 36.8 Å². The molecular weight excluding hydrogens is 276 g/mol. The Morgan fingerprint density at radius 3 is 3.09 bits per heavy atom. The number of anilines is 1. The van der Waals surface area contributed by atoms with Crippen LogP contribution < -0.4 is 4.90 Å². The molecule has 1 aliphatic heterocycles. The maximum Gasteiger partial charge on any atom is 0.225 e. The summed E-state index contributed by atoms with van der Waals surface area (Å²) in [5.41, 5.74) is 1.93. The van der Waals surface area contributed by atoms with Crippen LogP contribution >= 0.6 is 0 Å². The summed E-state index contributed by atoms with van der Waals surface area (Å²) in [5.74, 6) is 0.783. The first-order valence-corrected chi connectivity index (χ1v) is 7.97. The fourth-order valence-electron chi connectivity index (χ4n) is 2.72. The van der Waals surface area contributed by atoms with Gasteiger partial charge in [0.2, 0.25) is 5.95 Å². The minimum absolute atomic E-state index is 0.291. The zero-order valence-corrected chi connectivity index (χ0v) is 13.0. The second-order valence-corrected chi connectivity index (χ2v) is 5.56. The molecule has 1 aliphatic rings. The van der Waals surface area contributed by atoms with Crippen molar-refractivity contribution in [3.8, 4) is 11.3 Å². The summed E-state index contributed by atoms with van der Waals surface area (Å²) >= 11 is 0. The lowest BCUT2D eigenvalue weighted by Gasteiger charge is -2.32. The molecule has 0 spiro atoms. The van der Waals surface area contributed by atoms with Crippen molar-refractivity contribution in [2.45, 2.75) is 32.3 Å². The molecule has 0 aliphatic carbocycles. The average molecular weight is 298 g/mol. The van der Waals surface area contributed by atoms with Gasteiger partial charge in [-0.1, -0.05) is 6.92 Å². The Morgan fingerprint density at radius 2 is 2.27 bits per heavy atom. The van der Waals surface area contributed by atoms with Crippen molar-refractivity contribution in [1.82, 2.24) is 15.0 Å². The Labute approximate surface area is 131 Å². The van der Waals surface area contributed by atoms with Crippen LogP contribution in [0.15, 0.2) is 36.8 Å². The Bertz CT molecular complexity index is 590. The summed E-state index contributed by atoms with van der Waals surface area (Å²) in [6.07, 6.45) is 9.01. The predicted octanol–water partition coefficient (Wildman–Crippen LogP) is 2.93. The standard InChI is InChI=1S/C17H22N4O/c1-2-11-22-15-6-4-10-21(13-15)17-19-9-7-16(20-17)14-5-3-8-18-12-14/h3,5,7-9,12,15H,2,4,6,10-11,13H2,1H3. The molecule has 0 bridgehead atoms. The zero-order chi connectivity index (χ0) is 15.2. The highest BCUT2D eigenvalue weighted by Crippen LogP contribution is 2.21. The third-order valence-electron chi connectivity index (χ3n) is 3.82. The van der Waals surface area contributed by atoms with Crippen molar-refractivity contribution in [1.29, 1.82) is 0 Å². The van der Waals surface area contributed by atoms with E-state index in [9.17, 15) is 0 Å². The SMILES string of the molecule is CCCOC1CCCN(c2nccc(-c3cccnc3)n2)C1. The third kappa shape index (κ3) is 3.60. The van der Waals surface area contributed by atoms with Crippen molar-refractivity contribution in [3.63, 3.8) is 0 Å². The Balaban J connectivity index is 1.74. The molecule has 22 heavy (non-hydrogen) atoms. The Hall–Kier alpha value is -2.01. The van der Waals surface area contributed by atoms with E-state index in [1.165, 1.54) is 0 Å². The first-order valence-electron chi connectivity index (χ1n) is 7.97. The lowest BCUT2D eigenvalue weighted by atomic mass is 10.1. The molecule has 3 rings (SSSR count). The van der Waals surface area contributed by atoms with Crippen LogP contribution in [0.25, 0.3) is 11.3 Å². The molecule has 116 valence electrons. The molecule has 5 nitrogen and oxygen atoms in total. The minimum atomic E-state index is 0.291. The number of aromatic nitrogens is 3. The molecule has 1 fully saturated rings. The van der Waals surface area contributed by atoms with Crippen LogP contribution in [0.2, 0.25) is 0 Å². The normalized spacial score (nSPS) is 18.4. The van der Waals surface area contributed by atoms with Gasteiger partial charge < -0.3 is 9.64 Å². The number of nitrogens with zero attached hydrogens (tertiary/aromatic N) is 4. The van der Waals surface area contributed by atoms with E-state index in [1.54, 1.807) is 6.20 Å². The van der Waals surface area contributed by atoms with Crippen molar-refractivity contribution >= 4 is 5.95 Å². The van der Waals surface area contributed by atoms with Crippen LogP contribution in [0.3, 0.4) is 0 Å². The summed E-state index contributed by atoms with van der Waals surface area (Å²) in [5, 5.41) is 0. The number of ether oxygens (including phenoxy) is 1. The van der Waals surface area contributed by atoms with E-state index in [0.717, 1.165) is 56.2 Å². The fraction of sp³-hybridized carbons (Fsp3) is 0.471. The predicted molar refractivity (Wildman–Crippen MR) is 86.7 cm³/mol. The smallest absolute Gasteiger partial charge is 0.225 e. The highest BCUT2D eigenvalue weighted by molar-refractivity contribution is 5.58. The van der Waals surface area contributed by atoms with Gasteiger partial charge in [0, 0.05) is 43.9 Å². The molecule has 1 saturated heterocycles. The minimum Gasteiger partial charge on any atom is -0.376 e. The van der Waals surface area contributed by atoms with Crippen LogP contribution in [0.1, 0.15) is 26.2 Å². The van der Waals surface area contributed by atoms with Gasteiger partial charge in [-0.25, -0.2) is 9.97 Å². The molecular formula is C17H22N4O. The highest BCUT2D eigenvalue weighted by atomic mass is 16.5. The molecule has 3 heterocycles. The van der Waals surface area contributed by atoms with E-state index in [1.807, 2.05) is 30.6 Å². The lowest BCUT2D eigenvalue weighted by molar-refractivity contribution is 0.0437. The Morgan fingerprint density at radius 1 is 1.32 bits per heavy atom. The van der Waals surface area contributed by atoms with Crippen LogP contribution in [0, 0.1) is 0 Å². The van der Waals surface area contributed by atoms with E-state index in [-0.39, 0.29) is 0 Å². The summed E-state index contributed by atoms with van der Waals surface area (Å²) in [4.78, 5) is 15.5. The van der Waals surface area contributed by atoms with Gasteiger partial charge >= 0.3 is 0 Å². The van der Waals surface area contributed by atoms with Gasteiger partial charge in [-0.2, -0.15) is 0 Å². The largest absolute Gasteiger partial charge is 0.376 e. The fourth-order valence-corrected chi connectivity index (χ4v) is 2.72. The molecule has 2 aromatic heterocycles. The number of hydrogen-bond acceptors (Lipinski definition) is 5. The lowest BCUT2D eigenvalue weighted by Crippen LogP contribution is -2.40. The topological polar surface area (TPSA) is 51.1 Å². The van der Waals surface area contributed by atoms with Gasteiger partial charge in [-0.05, 0) is 37.5 Å². The maximum atomic E-state index is 5.89. The van der Waals surface area contributed by atoms with Crippen LogP contribution in [0.5, 0.6) is 0 Å². The van der Waals surface area contributed by atoms with Crippen LogP contribution in [-0.4, -0.2) is 40.8 Å². The van der Waals surface area contributed by atoms with Gasteiger partial charge in [0.15, 0.2) is 0 Å². The summed E-state index contributed by atoms with van der Waals surface area (Å²) in [6, 6.07) is 5.87. The molecule has 5 heteroatoms. The van der Waals surface area contributed by atoms with Crippen molar-refractivity contribution in [2.75, 3.05) is 24.6 Å². The first-order chi connectivity index (χ1) is 10.9. The molecule has 0 aromatic carbocycles. The highest BCUT2D eigenvalue weighted by Gasteiger charge is 2.22. The number of hydrogen-bond donors (Lipinski definition) is 0. The quantitative estimate of drug-likeness (QED) is 0.849. The van der Waals surface area contributed by atoms with Crippen LogP contribution in [0.4, 0.5) is 5.95 Å². The monoisotopic (exact) mass is 298 g/mol. The summed E-state index contributed by atoms with van der Waals surface area (Å²) in [7, 11) is 0. The van der Waals surface area contributed by atoms with E-state index >= 15 is 0 Å². The molecule has 2 aromatic rings. The van der Waals surface area contributed by atoms with Gasteiger partial charge in [0.1, 0.15) is 0 Å². The molecule has 0 N–H and O–H groups in total. The Kier molecular flexibility index (Phi) is 4.96. The van der Waals surface area contributed by atoms with E-state index in [2.05, 4.69) is 21.8 Å². The molecule has 1 unspecified atom stereocenters. The second-order valence-electron chi connectivity index (χ2n) is 5.56. The van der Waals surface area contributed by atoms with Crippen molar-refractivity contribution < 1.29 is 4.74 Å². The second kappa shape index (κ2) is 7.31. The molecule has 0 saturated carbocycles. The van der Waals surface area contributed by atoms with E-state index in [4.69, 9.17) is 9.72 Å². The zero-order valence-electron chi connectivity index (χ0n) is 13.0. The number of piperidine rings is 1. The molecule has 0 radical (unpaired) electrons. The van der Waals surface area contributed by atoms with E-state index < -0.39 is 0 Å². The third-order valence-corrected chi connectivity index (χ3v) is 3.82. The number of pyridine rings is 1. The molecule has 1 atom stereocenters. The van der Waals surface area contributed by atoms with Gasteiger partial charge in [0.25, 0.3) is 0 Å². The average Bonchev–Trinajstić information content (AvgIpc) is 2.61. The van der Waals surface area contributed by atoms with E-state index in [0.29, 0.717) is 6.10 Å². The first kappa shape index (κ1) is 14.9. The summed E-state index contributed by atoms with van der Waals surface area (Å²) in [6.45, 7) is 4.83. The molecule has 0 amide bonds. The summed E-state index contributed by atoms with van der Waals surface area (Å²) < 4.78 is 5.89. The van der Waals surface area contributed by atoms with Gasteiger partial charge in [-0.15, -0.1) is 0 Å². The van der Waals surface area contributed by atoms with Crippen LogP contribution in [-0.2, 0) is 4.74 Å². The number of rotatable bonds is 5. The van der Waals surface area contributed by atoms with Crippen molar-refractivity contribution in [2.24, 2.45) is 0 Å². The van der Waals surface area contributed by atoms with Gasteiger partial charge in [0.05, 0.1) is 11.8 Å². The maximum absolute atomic E-state index is 5.89. The van der Waals surface area contributed by atoms with Gasteiger partial charge in [-0.3, -0.25) is 4.98 Å².